The predicted molar refractivity (Wildman–Crippen MR) is 22.3 cm³/mol. The second-order valence-electron chi connectivity index (χ2n) is 0.779. The van der Waals surface area contributed by atoms with Crippen molar-refractivity contribution in [3.05, 3.63) is 0 Å². The van der Waals surface area contributed by atoms with Crippen LogP contribution in [0.25, 0.3) is 0 Å². The molecule has 7 nitrogen and oxygen atoms in total. The quantitative estimate of drug-likeness (QED) is 0.225. The normalized spacial score (nSPS) is 8.30. The molecule has 0 unspecified atom stereocenters. The summed E-state index contributed by atoms with van der Waals surface area (Å²) in [6, 6.07) is 0. The van der Waals surface area contributed by atoms with E-state index < -0.39 is 14.0 Å². The molecule has 0 saturated carbocycles. The Hall–Kier alpha value is 1.02. The SMILES string of the molecule is O=C([O-])O.O=P(O)(O)O.[K+]. The maximum atomic E-state index is 8.88. The summed E-state index contributed by atoms with van der Waals surface area (Å²) >= 11 is 0. The van der Waals surface area contributed by atoms with E-state index in [2.05, 4.69) is 0 Å². The fourth-order valence-corrected chi connectivity index (χ4v) is 0. The Kier molecular flexibility index (Phi) is 14.0. The summed E-state index contributed by atoms with van der Waals surface area (Å²) in [6.45, 7) is 0. The molecule has 0 bridgehead atoms. The minimum Gasteiger partial charge on any atom is -0.565 e. The summed E-state index contributed by atoms with van der Waals surface area (Å²) in [5, 5.41) is 15.3. The van der Waals surface area contributed by atoms with Crippen LogP contribution in [0.4, 0.5) is 4.79 Å². The van der Waals surface area contributed by atoms with Gasteiger partial charge in [-0.2, -0.15) is 0 Å². The van der Waals surface area contributed by atoms with Crippen molar-refractivity contribution in [3.63, 3.8) is 0 Å². The topological polar surface area (TPSA) is 138 Å². The molecule has 0 aromatic heterocycles. The predicted octanol–water partition coefficient (Wildman–Crippen LogP) is -5.04. The van der Waals surface area contributed by atoms with Gasteiger partial charge in [0.05, 0.1) is 0 Å². The van der Waals surface area contributed by atoms with Gasteiger partial charge in [0.2, 0.25) is 6.16 Å². The molecule has 0 heterocycles. The van der Waals surface area contributed by atoms with Crippen LogP contribution >= 0.6 is 7.82 Å². The molecule has 4 N–H and O–H groups in total. The molecule has 56 valence electrons. The van der Waals surface area contributed by atoms with E-state index >= 15 is 0 Å². The molecule has 0 radical (unpaired) electrons. The molecule has 0 rings (SSSR count). The smallest absolute Gasteiger partial charge is 0.565 e. The first-order chi connectivity index (χ1) is 3.73. The van der Waals surface area contributed by atoms with Crippen LogP contribution in [0.5, 0.6) is 0 Å². The third kappa shape index (κ3) is 561. The molecule has 0 spiro atoms. The summed E-state index contributed by atoms with van der Waals surface area (Å²) in [6.07, 6.45) is -2.08. The van der Waals surface area contributed by atoms with Gasteiger partial charge in [0.15, 0.2) is 0 Å². The van der Waals surface area contributed by atoms with E-state index in [-0.39, 0.29) is 51.4 Å². The van der Waals surface area contributed by atoms with E-state index in [1.807, 2.05) is 0 Å². The summed E-state index contributed by atoms with van der Waals surface area (Å²) in [5.41, 5.74) is 0. The maximum Gasteiger partial charge on any atom is 1.00 e. The largest absolute Gasteiger partial charge is 1.00 e. The average Bonchev–Trinajstić information content (AvgIpc) is 1.19. The molecule has 0 aliphatic heterocycles. The van der Waals surface area contributed by atoms with Crippen molar-refractivity contribution >= 4 is 14.0 Å². The fraction of sp³-hybridized carbons (Fsp3) is 0. The zero-order valence-corrected chi connectivity index (χ0v) is 8.98. The van der Waals surface area contributed by atoms with Crippen LogP contribution in [0.2, 0.25) is 0 Å². The van der Waals surface area contributed by atoms with Crippen molar-refractivity contribution < 1.29 is 85.6 Å². The van der Waals surface area contributed by atoms with E-state index in [0.717, 1.165) is 0 Å². The van der Waals surface area contributed by atoms with Crippen molar-refractivity contribution in [2.75, 3.05) is 0 Å². The van der Waals surface area contributed by atoms with E-state index in [9.17, 15) is 0 Å². The second kappa shape index (κ2) is 8.12. The Bertz CT molecular complexity index is 113. The minimum absolute atomic E-state index is 0. The number of phosphoric acid groups is 1. The summed E-state index contributed by atoms with van der Waals surface area (Å²) < 4.78 is 8.88. The van der Waals surface area contributed by atoms with E-state index in [4.69, 9.17) is 34.3 Å². The van der Waals surface area contributed by atoms with E-state index in [1.54, 1.807) is 0 Å². The van der Waals surface area contributed by atoms with Gasteiger partial charge in [0.1, 0.15) is 0 Å². The van der Waals surface area contributed by atoms with Crippen molar-refractivity contribution in [2.24, 2.45) is 0 Å². The molecule has 9 heteroatoms. The van der Waals surface area contributed by atoms with Crippen LogP contribution in [0.15, 0.2) is 0 Å². The van der Waals surface area contributed by atoms with Gasteiger partial charge < -0.3 is 29.7 Å². The molecule has 0 aromatic carbocycles. The first-order valence-electron chi connectivity index (χ1n) is 1.41. The molecular formula is CH4KO7P. The number of hydrogen-bond acceptors (Lipinski definition) is 3. The minimum atomic E-state index is -4.64. The molecule has 0 atom stereocenters. The Balaban J connectivity index is -0.0000000910. The third-order valence-corrected chi connectivity index (χ3v) is 0. The Labute approximate surface area is 98.3 Å². The van der Waals surface area contributed by atoms with Crippen molar-refractivity contribution in [1.29, 1.82) is 0 Å². The van der Waals surface area contributed by atoms with Gasteiger partial charge in [-0.3, -0.25) is 0 Å². The molecule has 0 amide bonds. The Morgan fingerprint density at radius 3 is 1.30 bits per heavy atom. The van der Waals surface area contributed by atoms with Gasteiger partial charge >= 0.3 is 59.2 Å². The summed E-state index contributed by atoms with van der Waals surface area (Å²) in [4.78, 5) is 30.0. The summed E-state index contributed by atoms with van der Waals surface area (Å²) in [7, 11) is -4.64. The van der Waals surface area contributed by atoms with E-state index in [1.165, 1.54) is 0 Å². The molecule has 0 saturated heterocycles. The zero-order valence-electron chi connectivity index (χ0n) is 4.96. The van der Waals surface area contributed by atoms with Gasteiger partial charge in [0, 0.05) is 0 Å². The first kappa shape index (κ1) is 17.2. The molecule has 10 heavy (non-hydrogen) atoms. The molecule has 0 aromatic rings. The number of rotatable bonds is 0. The molecule has 0 fully saturated rings. The van der Waals surface area contributed by atoms with Gasteiger partial charge in [-0.25, -0.2) is 4.57 Å². The van der Waals surface area contributed by atoms with Crippen molar-refractivity contribution in [1.82, 2.24) is 0 Å². The Morgan fingerprint density at radius 2 is 1.30 bits per heavy atom. The zero-order chi connectivity index (χ0) is 8.08. The first-order valence-corrected chi connectivity index (χ1v) is 2.98. The van der Waals surface area contributed by atoms with Gasteiger partial charge in [-0.05, 0) is 0 Å². The second-order valence-corrected chi connectivity index (χ2v) is 1.81. The monoisotopic (exact) mass is 198 g/mol. The van der Waals surface area contributed by atoms with Crippen molar-refractivity contribution in [3.8, 4) is 0 Å². The third-order valence-electron chi connectivity index (χ3n) is 0. The van der Waals surface area contributed by atoms with Gasteiger partial charge in [0.25, 0.3) is 0 Å². The van der Waals surface area contributed by atoms with Crippen molar-refractivity contribution in [2.45, 2.75) is 0 Å². The fourth-order valence-electron chi connectivity index (χ4n) is 0. The van der Waals surface area contributed by atoms with Crippen LogP contribution in [-0.4, -0.2) is 25.9 Å². The molecule has 0 aliphatic carbocycles. The average molecular weight is 198 g/mol. The van der Waals surface area contributed by atoms with Crippen LogP contribution in [-0.2, 0) is 4.57 Å². The number of carbonyl (C=O) groups is 1. The van der Waals surface area contributed by atoms with Gasteiger partial charge in [-0.15, -0.1) is 0 Å². The maximum absolute atomic E-state index is 8.88. The van der Waals surface area contributed by atoms with Crippen LogP contribution in [0, 0.1) is 0 Å². The van der Waals surface area contributed by atoms with Crippen LogP contribution in [0.3, 0.4) is 0 Å². The number of hydrogen-bond donors (Lipinski definition) is 4. The summed E-state index contributed by atoms with van der Waals surface area (Å²) in [5.74, 6) is 0. The van der Waals surface area contributed by atoms with Crippen LogP contribution in [0.1, 0.15) is 0 Å². The van der Waals surface area contributed by atoms with Gasteiger partial charge in [-0.1, -0.05) is 0 Å². The molecule has 0 aliphatic rings. The van der Waals surface area contributed by atoms with E-state index in [0.29, 0.717) is 0 Å². The number of carboxylic acid groups (broad SMARTS) is 2. The Morgan fingerprint density at radius 1 is 1.30 bits per heavy atom. The molecular weight excluding hydrogens is 194 g/mol. The standard InChI is InChI=1S/CH2O3.K.H3O4P/c2-1(3)4;;1-5(2,3)4/h(H2,2,3,4);;(H3,1,2,3,4)/q;+1;/p-1. The van der Waals surface area contributed by atoms with Crippen LogP contribution < -0.4 is 56.5 Å².